The first-order chi connectivity index (χ1) is 2.89. The van der Waals surface area contributed by atoms with Gasteiger partial charge in [0.25, 0.3) is 0 Å². The SMILES string of the molecule is OS1=CN=C=C1. The molecule has 1 N–H and O–H groups in total. The molecule has 0 bridgehead atoms. The molecule has 0 aromatic heterocycles. The Balaban J connectivity index is 2.88. The third kappa shape index (κ3) is 0.571. The molecule has 0 saturated heterocycles. The van der Waals surface area contributed by atoms with E-state index in [2.05, 4.69) is 10.9 Å². The summed E-state index contributed by atoms with van der Waals surface area (Å²) in [5, 5.41) is 1.51. The van der Waals surface area contributed by atoms with Crippen LogP contribution in [0.25, 0.3) is 0 Å². The molecule has 0 saturated carbocycles. The average molecular weight is 101 g/mol. The van der Waals surface area contributed by atoms with Gasteiger partial charge in [-0.25, -0.2) is 4.99 Å². The van der Waals surface area contributed by atoms with Crippen LogP contribution in [0.1, 0.15) is 0 Å². The van der Waals surface area contributed by atoms with Gasteiger partial charge in [-0.3, -0.25) is 0 Å². The summed E-state index contributed by atoms with van der Waals surface area (Å²) in [7, 11) is -0.701. The third-order valence-corrected chi connectivity index (χ3v) is 1.08. The van der Waals surface area contributed by atoms with Gasteiger partial charge in [-0.15, -0.1) is 0 Å². The molecule has 0 spiro atoms. The van der Waals surface area contributed by atoms with Gasteiger partial charge in [0, 0.05) is 0 Å². The van der Waals surface area contributed by atoms with Crippen LogP contribution in [0.3, 0.4) is 0 Å². The second-order valence-corrected chi connectivity index (χ2v) is 1.97. The van der Waals surface area contributed by atoms with Crippen molar-refractivity contribution in [1.29, 1.82) is 0 Å². The maximum atomic E-state index is 8.49. The van der Waals surface area contributed by atoms with E-state index in [1.54, 1.807) is 0 Å². The van der Waals surface area contributed by atoms with E-state index in [-0.39, 0.29) is 0 Å². The number of rotatable bonds is 0. The van der Waals surface area contributed by atoms with Crippen LogP contribution in [0.5, 0.6) is 0 Å². The Morgan fingerprint density at radius 3 is 2.83 bits per heavy atom. The van der Waals surface area contributed by atoms with Gasteiger partial charge in [-0.05, 0) is 16.6 Å². The summed E-state index contributed by atoms with van der Waals surface area (Å²) >= 11 is 0. The molecule has 2 nitrogen and oxygen atoms in total. The van der Waals surface area contributed by atoms with Crippen molar-refractivity contribution >= 4 is 22.1 Å². The van der Waals surface area contributed by atoms with Crippen LogP contribution in [-0.4, -0.2) is 15.9 Å². The average Bonchev–Trinajstić information content (AvgIpc) is 1.86. The van der Waals surface area contributed by atoms with Gasteiger partial charge in [0.2, 0.25) is 0 Å². The zero-order chi connectivity index (χ0) is 4.41. The quantitative estimate of drug-likeness (QED) is 0.447. The van der Waals surface area contributed by atoms with Gasteiger partial charge in [-0.1, -0.05) is 0 Å². The van der Waals surface area contributed by atoms with Crippen molar-refractivity contribution < 1.29 is 4.55 Å². The Kier molecular flexibility index (Phi) is 0.881. The van der Waals surface area contributed by atoms with Gasteiger partial charge in [0.15, 0.2) is 0 Å². The summed E-state index contributed by atoms with van der Waals surface area (Å²) in [6.45, 7) is 0. The van der Waals surface area contributed by atoms with E-state index >= 15 is 0 Å². The van der Waals surface area contributed by atoms with E-state index < -0.39 is 10.8 Å². The number of nitrogens with zero attached hydrogens (tertiary/aromatic N) is 1. The van der Waals surface area contributed by atoms with Crippen LogP contribution in [0.15, 0.2) is 10.4 Å². The lowest BCUT2D eigenvalue weighted by atomic mass is 11.1. The fourth-order valence-electron chi connectivity index (χ4n) is 0.199. The van der Waals surface area contributed by atoms with Crippen LogP contribution < -0.4 is 0 Å². The van der Waals surface area contributed by atoms with Crippen LogP contribution in [0.2, 0.25) is 0 Å². The molecule has 0 amide bonds. The van der Waals surface area contributed by atoms with E-state index in [0.29, 0.717) is 0 Å². The largest absolute Gasteiger partial charge is 0.331 e. The molecule has 0 aromatic rings. The molecule has 0 aliphatic carbocycles. The van der Waals surface area contributed by atoms with Gasteiger partial charge in [0.1, 0.15) is 0 Å². The summed E-state index contributed by atoms with van der Waals surface area (Å²) in [6.07, 6.45) is 0. The summed E-state index contributed by atoms with van der Waals surface area (Å²) in [5.41, 5.74) is 1.44. The van der Waals surface area contributed by atoms with Crippen molar-refractivity contribution in [1.82, 2.24) is 0 Å². The summed E-state index contributed by atoms with van der Waals surface area (Å²) in [5.74, 6) is 2.48. The first-order valence-corrected chi connectivity index (χ1v) is 2.73. The normalized spacial score (nSPS) is 27.8. The molecular weight excluding hydrogens is 98.1 g/mol. The lowest BCUT2D eigenvalue weighted by molar-refractivity contribution is 0.668. The minimum Gasteiger partial charge on any atom is -0.331 e. The molecule has 0 radical (unpaired) electrons. The van der Waals surface area contributed by atoms with Gasteiger partial charge < -0.3 is 4.55 Å². The Hall–Kier alpha value is -0.370. The van der Waals surface area contributed by atoms with Gasteiger partial charge >= 0.3 is 0 Å². The predicted molar refractivity (Wildman–Crippen MR) is 28.3 cm³/mol. The monoisotopic (exact) mass is 101 g/mol. The van der Waals surface area contributed by atoms with Crippen molar-refractivity contribution in [2.24, 2.45) is 4.99 Å². The Morgan fingerprint density at radius 1 is 1.83 bits per heavy atom. The standard InChI is InChI=1S/C3H3NOS/c5-6-2-1-4-3-6/h2-3,5H. The van der Waals surface area contributed by atoms with Crippen molar-refractivity contribution in [2.75, 3.05) is 0 Å². The molecular formula is C3H3NOS. The molecule has 0 aromatic carbocycles. The Morgan fingerprint density at radius 2 is 2.67 bits per heavy atom. The molecule has 1 aliphatic heterocycles. The fraction of sp³-hybridized carbons (Fsp3) is 0. The van der Waals surface area contributed by atoms with Crippen molar-refractivity contribution in [3.63, 3.8) is 0 Å². The highest BCUT2D eigenvalue weighted by atomic mass is 32.2. The lowest BCUT2D eigenvalue weighted by Gasteiger charge is -1.73. The van der Waals surface area contributed by atoms with Crippen molar-refractivity contribution in [3.05, 3.63) is 5.41 Å². The van der Waals surface area contributed by atoms with Gasteiger partial charge in [-0.2, -0.15) is 0 Å². The lowest BCUT2D eigenvalue weighted by Crippen LogP contribution is -1.52. The van der Waals surface area contributed by atoms with E-state index in [1.165, 1.54) is 10.9 Å². The first kappa shape index (κ1) is 3.81. The first-order valence-electron chi connectivity index (χ1n) is 1.42. The predicted octanol–water partition coefficient (Wildman–Crippen LogP) is 0.685. The zero-order valence-electron chi connectivity index (χ0n) is 2.96. The van der Waals surface area contributed by atoms with Crippen molar-refractivity contribution in [3.8, 4) is 0 Å². The number of aliphatic imine (C=N–C) groups is 1. The summed E-state index contributed by atoms with van der Waals surface area (Å²) < 4.78 is 8.49. The Labute approximate surface area is 38.0 Å². The molecule has 1 rings (SSSR count). The fourth-order valence-corrected chi connectivity index (χ4v) is 0.598. The number of hydrogen-bond donors (Lipinski definition) is 1. The second-order valence-electron chi connectivity index (χ2n) is 0.828. The Bertz CT molecular complexity index is 143. The summed E-state index contributed by atoms with van der Waals surface area (Å²) in [4.78, 5) is 3.50. The minimum atomic E-state index is -0.701. The zero-order valence-corrected chi connectivity index (χ0v) is 3.77. The molecule has 32 valence electrons. The second kappa shape index (κ2) is 1.39. The van der Waals surface area contributed by atoms with Crippen LogP contribution in [-0.2, 0) is 0 Å². The molecule has 1 atom stereocenters. The molecule has 0 fully saturated rings. The molecule has 1 unspecified atom stereocenters. The molecule has 6 heavy (non-hydrogen) atoms. The smallest absolute Gasteiger partial charge is 0.0898 e. The van der Waals surface area contributed by atoms with E-state index in [1.807, 2.05) is 0 Å². The van der Waals surface area contributed by atoms with Crippen molar-refractivity contribution in [2.45, 2.75) is 0 Å². The summed E-state index contributed by atoms with van der Waals surface area (Å²) in [6, 6.07) is 0. The van der Waals surface area contributed by atoms with Crippen LogP contribution in [0.4, 0.5) is 0 Å². The van der Waals surface area contributed by atoms with E-state index in [0.717, 1.165) is 0 Å². The highest BCUT2D eigenvalue weighted by Gasteiger charge is 1.79. The number of hydrogen-bond acceptors (Lipinski definition) is 2. The van der Waals surface area contributed by atoms with E-state index in [4.69, 9.17) is 4.55 Å². The maximum absolute atomic E-state index is 8.49. The molecule has 1 aliphatic rings. The molecule has 1 heterocycles. The van der Waals surface area contributed by atoms with Crippen LogP contribution >= 0.6 is 10.8 Å². The molecule has 3 heteroatoms. The highest BCUT2D eigenvalue weighted by molar-refractivity contribution is 8.13. The van der Waals surface area contributed by atoms with E-state index in [9.17, 15) is 0 Å². The third-order valence-electron chi connectivity index (χ3n) is 0.409. The van der Waals surface area contributed by atoms with Gasteiger partial charge in [0.05, 0.1) is 10.9 Å². The maximum Gasteiger partial charge on any atom is 0.0898 e. The highest BCUT2D eigenvalue weighted by Crippen LogP contribution is 2.05. The topological polar surface area (TPSA) is 32.6 Å². The van der Waals surface area contributed by atoms with Crippen LogP contribution in [0, 0.1) is 0 Å². The minimum absolute atomic E-state index is 0.701.